The van der Waals surface area contributed by atoms with Gasteiger partial charge in [0, 0.05) is 0 Å². The van der Waals surface area contributed by atoms with Crippen molar-refractivity contribution in [2.45, 2.75) is 0 Å². The van der Waals surface area contributed by atoms with Crippen LogP contribution in [-0.2, 0) is 20.2 Å². The van der Waals surface area contributed by atoms with Gasteiger partial charge in [0.05, 0.1) is 0 Å². The molecule has 0 saturated heterocycles. The molecule has 0 aromatic carbocycles. The number of hydrogen-bond acceptors (Lipinski definition) is 4. The Bertz CT molecular complexity index is 94.1. The topological polar surface area (TPSA) is 63.2 Å². The van der Waals surface area contributed by atoms with E-state index in [1.807, 2.05) is 0 Å². The molecule has 0 saturated carbocycles. The molecule has 0 rings (SSSR count). The normalized spacial score (nSPS) is 8.29. The SMILES string of the molecule is O=S([O-])([O-])=S.[Li+].[Li+]. The van der Waals surface area contributed by atoms with Crippen molar-refractivity contribution < 1.29 is 51.0 Å². The standard InChI is InChI=1S/2Li.H2O3S2/c;;1-5(2,3)4/h;;(H2,1,2,3,4)/q2*+1;/p-2. The molecule has 0 unspecified atom stereocenters. The van der Waals surface area contributed by atoms with Crippen molar-refractivity contribution >= 4 is 20.2 Å². The molecule has 0 amide bonds. The molecule has 0 aromatic rings. The summed E-state index contributed by atoms with van der Waals surface area (Å²) in [6.45, 7) is 0. The van der Waals surface area contributed by atoms with Gasteiger partial charge < -0.3 is 9.11 Å². The van der Waals surface area contributed by atoms with Crippen molar-refractivity contribution in [2.75, 3.05) is 0 Å². The van der Waals surface area contributed by atoms with Gasteiger partial charge in [-0.15, -0.1) is 9.05 Å². The van der Waals surface area contributed by atoms with Gasteiger partial charge in [0.1, 0.15) is 0 Å². The van der Waals surface area contributed by atoms with Gasteiger partial charge in [-0.05, 0) is 11.2 Å². The van der Waals surface area contributed by atoms with E-state index in [1.165, 1.54) is 0 Å². The molecule has 0 N–H and O–H groups in total. The predicted molar refractivity (Wildman–Crippen MR) is 17.1 cm³/mol. The van der Waals surface area contributed by atoms with E-state index < -0.39 is 9.05 Å². The van der Waals surface area contributed by atoms with E-state index in [9.17, 15) is 0 Å². The maximum atomic E-state index is 8.89. The third-order valence-electron chi connectivity index (χ3n) is 0. The molecule has 3 nitrogen and oxygen atoms in total. The van der Waals surface area contributed by atoms with Gasteiger partial charge in [-0.2, -0.15) is 0 Å². The van der Waals surface area contributed by atoms with E-state index in [2.05, 4.69) is 11.2 Å². The monoisotopic (exact) mass is 126 g/mol. The van der Waals surface area contributed by atoms with Gasteiger partial charge in [0.2, 0.25) is 0 Å². The summed E-state index contributed by atoms with van der Waals surface area (Å²) >= 11 is 3.24. The van der Waals surface area contributed by atoms with Crippen LogP contribution >= 0.6 is 0 Å². The Morgan fingerprint density at radius 1 is 1.29 bits per heavy atom. The first-order valence-corrected chi connectivity index (χ1v) is 3.00. The van der Waals surface area contributed by atoms with Gasteiger partial charge >= 0.3 is 37.7 Å². The molecule has 0 aliphatic heterocycles. The summed E-state index contributed by atoms with van der Waals surface area (Å²) in [6, 6.07) is 0. The molecule has 7 heteroatoms. The summed E-state index contributed by atoms with van der Waals surface area (Å²) in [5.74, 6) is 0. The molecule has 0 bridgehead atoms. The molecule has 0 fully saturated rings. The molecule has 0 heterocycles. The predicted octanol–water partition coefficient (Wildman–Crippen LogP) is -7.00. The molecule has 0 radical (unpaired) electrons. The van der Waals surface area contributed by atoms with Crippen molar-refractivity contribution in [3.8, 4) is 0 Å². The smallest absolute Gasteiger partial charge is 0.780 e. The summed E-state index contributed by atoms with van der Waals surface area (Å²) in [5.41, 5.74) is 0. The Balaban J connectivity index is -0.0000000800. The van der Waals surface area contributed by atoms with Crippen LogP contribution in [0.2, 0.25) is 0 Å². The Hall–Kier alpha value is 1.48. The fraction of sp³-hybridized carbons (Fsp3) is 0. The molecule has 0 aromatic heterocycles. The van der Waals surface area contributed by atoms with Crippen LogP contribution in [0.3, 0.4) is 0 Å². The van der Waals surface area contributed by atoms with Gasteiger partial charge in [0.25, 0.3) is 0 Å². The quantitative estimate of drug-likeness (QED) is 0.302. The van der Waals surface area contributed by atoms with Gasteiger partial charge in [-0.3, -0.25) is 4.21 Å². The molecule has 32 valence electrons. The Kier molecular flexibility index (Phi) is 12.7. The van der Waals surface area contributed by atoms with Crippen LogP contribution in [0, 0.1) is 0 Å². The Morgan fingerprint density at radius 2 is 1.29 bits per heavy atom. The van der Waals surface area contributed by atoms with Gasteiger partial charge in [-0.1, -0.05) is 0 Å². The van der Waals surface area contributed by atoms with E-state index in [1.54, 1.807) is 0 Å². The summed E-state index contributed by atoms with van der Waals surface area (Å²) in [6.07, 6.45) is 0. The molecular formula is Li2O3S2. The fourth-order valence-corrected chi connectivity index (χ4v) is 0. The Labute approximate surface area is 70.9 Å². The van der Waals surface area contributed by atoms with Crippen LogP contribution in [0.15, 0.2) is 0 Å². The zero-order chi connectivity index (χ0) is 4.50. The maximum Gasteiger partial charge on any atom is 1.00 e. The second-order valence-corrected chi connectivity index (χ2v) is 2.45. The molecular weight excluding hydrogens is 126 g/mol. The van der Waals surface area contributed by atoms with Crippen LogP contribution in [0.4, 0.5) is 0 Å². The van der Waals surface area contributed by atoms with Crippen molar-refractivity contribution in [3.63, 3.8) is 0 Å². The zero-order valence-electron chi connectivity index (χ0n) is 4.04. The van der Waals surface area contributed by atoms with E-state index in [-0.39, 0.29) is 37.7 Å². The summed E-state index contributed by atoms with van der Waals surface area (Å²) in [4.78, 5) is 0. The minimum absolute atomic E-state index is 0. The number of hydrogen-bond donors (Lipinski definition) is 0. The first-order valence-electron chi connectivity index (χ1n) is 0.667. The van der Waals surface area contributed by atoms with Crippen molar-refractivity contribution in [3.05, 3.63) is 0 Å². The largest absolute Gasteiger partial charge is 1.00 e. The van der Waals surface area contributed by atoms with E-state index in [0.29, 0.717) is 0 Å². The van der Waals surface area contributed by atoms with Crippen molar-refractivity contribution in [1.29, 1.82) is 0 Å². The van der Waals surface area contributed by atoms with E-state index in [4.69, 9.17) is 13.3 Å². The molecule has 0 aliphatic carbocycles. The minimum Gasteiger partial charge on any atom is -0.780 e. The fourth-order valence-electron chi connectivity index (χ4n) is 0. The van der Waals surface area contributed by atoms with Crippen molar-refractivity contribution in [1.82, 2.24) is 0 Å². The van der Waals surface area contributed by atoms with Crippen LogP contribution in [-0.4, -0.2) is 13.3 Å². The van der Waals surface area contributed by atoms with Crippen LogP contribution < -0.4 is 37.7 Å². The van der Waals surface area contributed by atoms with Crippen LogP contribution in [0.25, 0.3) is 0 Å². The number of rotatable bonds is 0. The van der Waals surface area contributed by atoms with Crippen LogP contribution in [0.5, 0.6) is 0 Å². The minimum atomic E-state index is -4.33. The average Bonchev–Trinajstić information content (AvgIpc) is 0.722. The van der Waals surface area contributed by atoms with Gasteiger partial charge in [-0.25, -0.2) is 0 Å². The second kappa shape index (κ2) is 5.62. The first kappa shape index (κ1) is 15.8. The molecule has 7 heavy (non-hydrogen) atoms. The summed E-state index contributed by atoms with van der Waals surface area (Å²) < 4.78 is 26.7. The second-order valence-electron chi connectivity index (χ2n) is 0.408. The maximum absolute atomic E-state index is 8.89. The van der Waals surface area contributed by atoms with Crippen LogP contribution in [0.1, 0.15) is 0 Å². The Morgan fingerprint density at radius 3 is 1.29 bits per heavy atom. The summed E-state index contributed by atoms with van der Waals surface area (Å²) in [5, 5.41) is 0. The summed E-state index contributed by atoms with van der Waals surface area (Å²) in [7, 11) is -4.33. The molecule has 0 aliphatic rings. The average molecular weight is 126 g/mol. The molecule has 0 spiro atoms. The third kappa shape index (κ3) is 102. The van der Waals surface area contributed by atoms with E-state index in [0.717, 1.165) is 0 Å². The third-order valence-corrected chi connectivity index (χ3v) is 0. The zero-order valence-corrected chi connectivity index (χ0v) is 5.67. The first-order chi connectivity index (χ1) is 2.00. The molecule has 0 atom stereocenters. The van der Waals surface area contributed by atoms with Gasteiger partial charge in [0.15, 0.2) is 0 Å². The van der Waals surface area contributed by atoms with E-state index >= 15 is 0 Å². The van der Waals surface area contributed by atoms with Crippen molar-refractivity contribution in [2.24, 2.45) is 0 Å².